The van der Waals surface area contributed by atoms with E-state index in [9.17, 15) is 0 Å². The molecule has 0 N–H and O–H groups in total. The van der Waals surface area contributed by atoms with E-state index in [1.165, 1.54) is 104 Å². The van der Waals surface area contributed by atoms with Crippen LogP contribution in [-0.4, -0.2) is 38.3 Å². The van der Waals surface area contributed by atoms with E-state index in [0.29, 0.717) is 0 Å². The first-order valence-corrected chi connectivity index (χ1v) is 34.1. The fourth-order valence-electron chi connectivity index (χ4n) is 14.4. The Morgan fingerprint density at radius 1 is 0.276 bits per heavy atom. The third kappa shape index (κ3) is 10.9. The van der Waals surface area contributed by atoms with E-state index in [4.69, 9.17) is 14.3 Å². The Morgan fingerprint density at radius 2 is 0.633 bits per heavy atom. The highest BCUT2D eigenvalue weighted by molar-refractivity contribution is 9.10. The predicted molar refractivity (Wildman–Crippen MR) is 416 cm³/mol. The maximum Gasteiger partial charge on any atom is 0.495 e. The summed E-state index contributed by atoms with van der Waals surface area (Å²) in [5, 5.41) is 19.4. The van der Waals surface area contributed by atoms with E-state index >= 15 is 0 Å². The molecule has 466 valence electrons. The Kier molecular flexibility index (Phi) is 15.3. The number of hydrogen-bond acceptors (Lipinski definition) is 6. The number of benzene rings is 14. The molecule has 0 unspecified atom stereocenters. The first-order chi connectivity index (χ1) is 48.0. The minimum absolute atomic E-state index is 0.381. The van der Waals surface area contributed by atoms with Gasteiger partial charge in [0, 0.05) is 39.5 Å². The van der Waals surface area contributed by atoms with Gasteiger partial charge in [-0.3, -0.25) is 9.97 Å². The number of aromatic nitrogens is 4. The lowest BCUT2D eigenvalue weighted by molar-refractivity contribution is 0.00578. The number of pyridine rings is 4. The third-order valence-corrected chi connectivity index (χ3v) is 20.4. The third-order valence-electron chi connectivity index (χ3n) is 20.0. The smallest absolute Gasteiger partial charge is 0.399 e. The second-order valence-electron chi connectivity index (χ2n) is 26.3. The van der Waals surface area contributed by atoms with Crippen molar-refractivity contribution in [2.75, 3.05) is 0 Å². The summed E-state index contributed by atoms with van der Waals surface area (Å²) in [6.07, 6.45) is 3.64. The van der Waals surface area contributed by atoms with Gasteiger partial charge in [-0.2, -0.15) is 0 Å². The number of hydrogen-bond donors (Lipinski definition) is 0. The molecule has 6 nitrogen and oxygen atoms in total. The van der Waals surface area contributed by atoms with Crippen LogP contribution >= 0.6 is 15.9 Å². The van der Waals surface area contributed by atoms with Gasteiger partial charge < -0.3 is 9.31 Å². The highest BCUT2D eigenvalue weighted by atomic mass is 79.9. The summed E-state index contributed by atoms with van der Waals surface area (Å²) in [5.41, 5.74) is 15.9. The largest absolute Gasteiger partial charge is 0.495 e. The number of halogens is 1. The summed E-state index contributed by atoms with van der Waals surface area (Å²) in [6, 6.07) is 108. The first-order valence-electron chi connectivity index (χ1n) is 33.4. The molecule has 1 aliphatic rings. The predicted octanol–water partition coefficient (Wildman–Crippen LogP) is 23.6. The average Bonchev–Trinajstić information content (AvgIpc) is 1.57. The monoisotopic (exact) mass is 1320 g/mol. The molecule has 0 saturated carbocycles. The lowest BCUT2D eigenvalue weighted by atomic mass is 9.75. The molecule has 14 aromatic carbocycles. The molecule has 0 bridgehead atoms. The lowest BCUT2D eigenvalue weighted by Gasteiger charge is -2.32. The number of rotatable bonds is 6. The SMILES string of the molecule is Brc1ccc2ccc3cccnc3c2n1.CC1(C)OB(c2ccc(-c3cccc(-c4cc5ccccc5c5ccccc45)c3)c3ccccc23)OC1(C)C.c1cc(-c2ccc(-c3ccc4ccc5cccnc5c4n3)c3ccccc23)cc(-c2cc3ccccc3c3ccccc23)c1. The van der Waals surface area contributed by atoms with Crippen LogP contribution in [0.2, 0.25) is 0 Å². The van der Waals surface area contributed by atoms with Crippen molar-refractivity contribution >= 4 is 137 Å². The zero-order valence-electron chi connectivity index (χ0n) is 54.6. The Morgan fingerprint density at radius 3 is 1.14 bits per heavy atom. The van der Waals surface area contributed by atoms with Gasteiger partial charge in [0.15, 0.2) is 0 Å². The van der Waals surface area contributed by atoms with Gasteiger partial charge in [0.1, 0.15) is 4.60 Å². The maximum atomic E-state index is 6.43. The molecule has 1 saturated heterocycles. The summed E-state index contributed by atoms with van der Waals surface area (Å²) in [6.45, 7) is 8.41. The first kappa shape index (κ1) is 60.4. The molecule has 0 spiro atoms. The van der Waals surface area contributed by atoms with Gasteiger partial charge >= 0.3 is 7.12 Å². The molecule has 98 heavy (non-hydrogen) atoms. The highest BCUT2D eigenvalue weighted by Crippen LogP contribution is 2.43. The number of nitrogens with zero attached hydrogens (tertiary/aromatic N) is 4. The fraction of sp³-hybridized carbons (Fsp3) is 0.0667. The normalized spacial score (nSPS) is 13.4. The molecule has 18 aromatic rings. The zero-order valence-corrected chi connectivity index (χ0v) is 56.2. The van der Waals surface area contributed by atoms with Crippen LogP contribution in [0.3, 0.4) is 0 Å². The lowest BCUT2D eigenvalue weighted by Crippen LogP contribution is -2.41. The van der Waals surface area contributed by atoms with E-state index in [2.05, 4.69) is 332 Å². The standard InChI is InChI=1S/C42H26N2.C36H31BO2.C12H7BrN2/c1-2-13-32-31(9-1)26-39(37-17-6-4-14-34(32)37)30-11-7-10-29(25-30)33-21-22-38(36-16-5-3-15-35(33)36)40-23-20-28-19-18-27-12-8-24-43-41(27)42(28)44-40;1-35(2)36(3,4)39-37(38-35)34-21-20-28(30-17-9-10-19-32(30)34)24-13-11-14-25(22-24)33-23-26-12-5-6-15-27(26)29-16-7-8-18-31(29)33;13-10-6-5-9-4-3-8-2-1-7-14-11(8)12(9)15-10/h1-26H;5-23H,1-4H3;1-7H. The van der Waals surface area contributed by atoms with Gasteiger partial charge in [-0.05, 0) is 207 Å². The molecule has 0 radical (unpaired) electrons. The summed E-state index contributed by atoms with van der Waals surface area (Å²) < 4.78 is 13.7. The van der Waals surface area contributed by atoms with Crippen molar-refractivity contribution in [3.8, 4) is 55.8 Å². The topological polar surface area (TPSA) is 70.0 Å². The zero-order chi connectivity index (χ0) is 66.1. The van der Waals surface area contributed by atoms with Crippen LogP contribution < -0.4 is 5.46 Å². The minimum atomic E-state index is -0.399. The van der Waals surface area contributed by atoms with Gasteiger partial charge in [0.25, 0.3) is 0 Å². The molecule has 0 atom stereocenters. The Hall–Kier alpha value is -11.3. The van der Waals surface area contributed by atoms with Crippen LogP contribution in [0.15, 0.2) is 320 Å². The second kappa shape index (κ2) is 24.7. The van der Waals surface area contributed by atoms with E-state index in [1.54, 1.807) is 6.20 Å². The molecule has 0 aliphatic carbocycles. The molecule has 0 amide bonds. The minimum Gasteiger partial charge on any atom is -0.399 e. The van der Waals surface area contributed by atoms with Crippen LogP contribution in [0.5, 0.6) is 0 Å². The van der Waals surface area contributed by atoms with Crippen LogP contribution in [-0.2, 0) is 9.31 Å². The molecule has 19 rings (SSSR count). The van der Waals surface area contributed by atoms with E-state index in [0.717, 1.165) is 70.3 Å². The molecular formula is C90H64BBrN4O2. The summed E-state index contributed by atoms with van der Waals surface area (Å²) >= 11 is 3.38. The van der Waals surface area contributed by atoms with Gasteiger partial charge in [0.05, 0.1) is 39.0 Å². The summed E-state index contributed by atoms with van der Waals surface area (Å²) in [7, 11) is -0.399. The molecule has 4 aromatic heterocycles. The van der Waals surface area contributed by atoms with Gasteiger partial charge in [0.2, 0.25) is 0 Å². The van der Waals surface area contributed by atoms with Crippen LogP contribution in [0, 0.1) is 0 Å². The fourth-order valence-corrected chi connectivity index (χ4v) is 14.7. The molecular weight excluding hydrogens is 1260 g/mol. The van der Waals surface area contributed by atoms with E-state index < -0.39 is 7.12 Å². The van der Waals surface area contributed by atoms with E-state index in [-0.39, 0.29) is 11.2 Å². The van der Waals surface area contributed by atoms with Crippen molar-refractivity contribution < 1.29 is 9.31 Å². The van der Waals surface area contributed by atoms with E-state index in [1.807, 2.05) is 36.5 Å². The quantitative estimate of drug-likeness (QED) is 0.0939. The van der Waals surface area contributed by atoms with Crippen molar-refractivity contribution in [3.63, 3.8) is 0 Å². The van der Waals surface area contributed by atoms with Crippen molar-refractivity contribution in [1.82, 2.24) is 19.9 Å². The summed E-state index contributed by atoms with van der Waals surface area (Å²) in [5.74, 6) is 0. The second-order valence-corrected chi connectivity index (χ2v) is 27.2. The molecule has 5 heterocycles. The Balaban J connectivity index is 0.000000122. The Bertz CT molecular complexity index is 6190. The van der Waals surface area contributed by atoms with Gasteiger partial charge in [-0.1, -0.05) is 255 Å². The molecule has 8 heteroatoms. The van der Waals surface area contributed by atoms with Crippen molar-refractivity contribution in [2.24, 2.45) is 0 Å². The van der Waals surface area contributed by atoms with Gasteiger partial charge in [-0.15, -0.1) is 0 Å². The maximum absolute atomic E-state index is 6.43. The van der Waals surface area contributed by atoms with Crippen molar-refractivity contribution in [2.45, 2.75) is 38.9 Å². The van der Waals surface area contributed by atoms with Crippen LogP contribution in [0.1, 0.15) is 27.7 Å². The van der Waals surface area contributed by atoms with Crippen LogP contribution in [0.25, 0.3) is 164 Å². The molecule has 1 aliphatic heterocycles. The average molecular weight is 1320 g/mol. The van der Waals surface area contributed by atoms with Crippen LogP contribution in [0.4, 0.5) is 0 Å². The van der Waals surface area contributed by atoms with Crippen molar-refractivity contribution in [3.05, 3.63) is 320 Å². The van der Waals surface area contributed by atoms with Gasteiger partial charge in [-0.25, -0.2) is 9.97 Å². The highest BCUT2D eigenvalue weighted by Gasteiger charge is 2.52. The molecule has 1 fully saturated rings. The van der Waals surface area contributed by atoms with Crippen molar-refractivity contribution in [1.29, 1.82) is 0 Å². The Labute approximate surface area is 577 Å². The summed E-state index contributed by atoms with van der Waals surface area (Å²) in [4.78, 5) is 18.7. The number of fused-ring (bicyclic) bond motifs is 14.